The zero-order valence-electron chi connectivity index (χ0n) is 25.8. The summed E-state index contributed by atoms with van der Waals surface area (Å²) in [7, 11) is -4.56. The number of esters is 1. The van der Waals surface area contributed by atoms with Gasteiger partial charge in [0.15, 0.2) is 35.0 Å². The van der Waals surface area contributed by atoms with Gasteiger partial charge in [-0.05, 0) is 59.6 Å². The third kappa shape index (κ3) is 7.12. The zero-order chi connectivity index (χ0) is 32.6. The van der Waals surface area contributed by atoms with Crippen LogP contribution in [0.2, 0.25) is 0 Å². The smallest absolute Gasteiger partial charge is 0.459 e. The van der Waals surface area contributed by atoms with Crippen LogP contribution in [0.5, 0.6) is 5.75 Å². The number of aliphatic hydroxyl groups is 1. The molecule has 3 aromatic rings. The fraction of sp³-hybridized carbons (Fsp3) is 0.586. The molecule has 0 bridgehead atoms. The van der Waals surface area contributed by atoms with Crippen LogP contribution in [0.25, 0.3) is 11.2 Å². The molecule has 6 atom stereocenters. The van der Waals surface area contributed by atoms with Crippen molar-refractivity contribution in [2.75, 3.05) is 11.9 Å². The standard InChI is InChI=1S/C29H39F2N6O7P/c1-17(2)42-25(38)18(3)36-45(40,44-21-13-7-6-8-14-21)41-15-29(31)26(39)28(5,30)27(43-29)37-16-32-22-23(33-19(4)34-24(22)37)35-20-11-9-10-12-20/h6-8,13-14,16-18,20,26-27,39H,9-12,15H2,1-5H3,(H,36,40)(H,33,34,35)/t18-,26-,27+,28+,29+,45+/m0/s1. The summed E-state index contributed by atoms with van der Waals surface area (Å²) in [5, 5.41) is 16.7. The molecular weight excluding hydrogens is 613 g/mol. The van der Waals surface area contributed by atoms with Gasteiger partial charge in [0.2, 0.25) is 0 Å². The number of benzene rings is 1. The maximum atomic E-state index is 16.4. The van der Waals surface area contributed by atoms with Crippen LogP contribution < -0.4 is 14.9 Å². The first kappa shape index (κ1) is 33.1. The molecule has 5 rings (SSSR count). The van der Waals surface area contributed by atoms with Gasteiger partial charge in [-0.1, -0.05) is 31.0 Å². The Balaban J connectivity index is 1.40. The molecule has 16 heteroatoms. The predicted molar refractivity (Wildman–Crippen MR) is 160 cm³/mol. The number of aryl methyl sites for hydroxylation is 1. The van der Waals surface area contributed by atoms with E-state index in [0.29, 0.717) is 17.2 Å². The molecule has 0 radical (unpaired) electrons. The highest BCUT2D eigenvalue weighted by atomic mass is 31.2. The Hall–Kier alpha value is -3.23. The molecule has 3 N–H and O–H groups in total. The third-order valence-corrected chi connectivity index (χ3v) is 9.30. The SMILES string of the molecule is Cc1nc(NC2CCCC2)c2ncn([C@@H]3O[C@](F)(CO[P@](=O)(N[C@@H](C)C(=O)OC(C)C)Oc4ccccc4)[C@@H](O)[C@@]3(C)F)c2n1. The second-order valence-electron chi connectivity index (χ2n) is 11.9. The van der Waals surface area contributed by atoms with E-state index >= 15 is 8.78 Å². The number of para-hydroxylation sites is 1. The highest BCUT2D eigenvalue weighted by Crippen LogP contribution is 2.52. The molecule has 0 unspecified atom stereocenters. The molecule has 1 aromatic carbocycles. The lowest BCUT2D eigenvalue weighted by molar-refractivity contribution is -0.202. The summed E-state index contributed by atoms with van der Waals surface area (Å²) >= 11 is 0. The quantitative estimate of drug-likeness (QED) is 0.180. The Kier molecular flexibility index (Phi) is 9.48. The molecular formula is C29H39F2N6O7P. The highest BCUT2D eigenvalue weighted by Gasteiger charge is 2.65. The van der Waals surface area contributed by atoms with Gasteiger partial charge in [-0.2, -0.15) is 5.09 Å². The minimum absolute atomic E-state index is 0.0775. The van der Waals surface area contributed by atoms with Crippen LogP contribution in [0, 0.1) is 6.92 Å². The number of aromatic nitrogens is 4. The largest absolute Gasteiger partial charge is 0.462 e. The molecule has 2 aromatic heterocycles. The van der Waals surface area contributed by atoms with Gasteiger partial charge in [0.25, 0.3) is 5.85 Å². The summed E-state index contributed by atoms with van der Waals surface area (Å²) in [5.74, 6) is -3.06. The number of anilines is 1. The van der Waals surface area contributed by atoms with Crippen molar-refractivity contribution in [2.24, 2.45) is 0 Å². The van der Waals surface area contributed by atoms with Gasteiger partial charge in [-0.3, -0.25) is 13.9 Å². The molecule has 1 saturated heterocycles. The molecule has 0 spiro atoms. The van der Waals surface area contributed by atoms with Crippen molar-refractivity contribution in [1.29, 1.82) is 0 Å². The molecule has 45 heavy (non-hydrogen) atoms. The van der Waals surface area contributed by atoms with Crippen LogP contribution in [0.4, 0.5) is 14.6 Å². The second kappa shape index (κ2) is 12.9. The molecule has 246 valence electrons. The molecule has 1 aliphatic heterocycles. The maximum absolute atomic E-state index is 16.4. The third-order valence-electron chi connectivity index (χ3n) is 7.67. The van der Waals surface area contributed by atoms with Gasteiger partial charge in [0.05, 0.1) is 12.4 Å². The summed E-state index contributed by atoms with van der Waals surface area (Å²) in [5.41, 5.74) is -2.22. The first-order valence-corrected chi connectivity index (χ1v) is 16.4. The van der Waals surface area contributed by atoms with Crippen molar-refractivity contribution in [3.63, 3.8) is 0 Å². The van der Waals surface area contributed by atoms with E-state index < -0.39 is 56.3 Å². The fourth-order valence-electron chi connectivity index (χ4n) is 5.43. The number of nitrogens with zero attached hydrogens (tertiary/aromatic N) is 4. The number of imidazole rings is 1. The van der Waals surface area contributed by atoms with Crippen molar-refractivity contribution in [3.05, 3.63) is 42.5 Å². The van der Waals surface area contributed by atoms with Crippen LogP contribution in [0.15, 0.2) is 36.7 Å². The number of ether oxygens (including phenoxy) is 2. The summed E-state index contributed by atoms with van der Waals surface area (Å²) < 4.78 is 69.3. The van der Waals surface area contributed by atoms with Gasteiger partial charge < -0.3 is 24.4 Å². The Labute approximate surface area is 259 Å². The molecule has 13 nitrogen and oxygen atoms in total. The number of rotatable bonds is 12. The zero-order valence-corrected chi connectivity index (χ0v) is 26.7. The number of hydrogen-bond donors (Lipinski definition) is 3. The number of carbonyl (C=O) groups excluding carboxylic acids is 1. The van der Waals surface area contributed by atoms with Crippen LogP contribution >= 0.6 is 7.75 Å². The van der Waals surface area contributed by atoms with Gasteiger partial charge in [0, 0.05) is 6.04 Å². The van der Waals surface area contributed by atoms with E-state index in [9.17, 15) is 14.5 Å². The van der Waals surface area contributed by atoms with E-state index in [1.54, 1.807) is 39.0 Å². The summed E-state index contributed by atoms with van der Waals surface area (Å²) in [6.07, 6.45) is 0.757. The Morgan fingerprint density at radius 1 is 1.20 bits per heavy atom. The molecule has 3 heterocycles. The Morgan fingerprint density at radius 2 is 1.89 bits per heavy atom. The monoisotopic (exact) mass is 652 g/mol. The van der Waals surface area contributed by atoms with Crippen molar-refractivity contribution in [3.8, 4) is 5.75 Å². The number of fused-ring (bicyclic) bond motifs is 1. The van der Waals surface area contributed by atoms with E-state index in [1.807, 2.05) is 0 Å². The van der Waals surface area contributed by atoms with Crippen LogP contribution in [0.3, 0.4) is 0 Å². The molecule has 1 saturated carbocycles. The number of halogens is 2. The first-order chi connectivity index (χ1) is 21.2. The van der Waals surface area contributed by atoms with Gasteiger partial charge >= 0.3 is 13.7 Å². The molecule has 1 aliphatic carbocycles. The molecule has 2 aliphatic rings. The number of nitrogens with one attached hydrogen (secondary N) is 2. The minimum Gasteiger partial charge on any atom is -0.462 e. The maximum Gasteiger partial charge on any atom is 0.459 e. The van der Waals surface area contributed by atoms with Crippen molar-refractivity contribution in [2.45, 2.75) is 102 Å². The molecule has 2 fully saturated rings. The van der Waals surface area contributed by atoms with E-state index in [1.165, 1.54) is 30.0 Å². The normalized spacial score (nSPS) is 27.5. The Morgan fingerprint density at radius 3 is 2.56 bits per heavy atom. The van der Waals surface area contributed by atoms with Gasteiger partial charge in [0.1, 0.15) is 24.2 Å². The van der Waals surface area contributed by atoms with E-state index in [4.69, 9.17) is 18.5 Å². The van der Waals surface area contributed by atoms with E-state index in [0.717, 1.165) is 32.6 Å². The average molecular weight is 653 g/mol. The van der Waals surface area contributed by atoms with Crippen LogP contribution in [-0.2, 0) is 23.4 Å². The second-order valence-corrected chi connectivity index (χ2v) is 13.6. The van der Waals surface area contributed by atoms with Crippen LogP contribution in [-0.4, -0.2) is 73.0 Å². The Bertz CT molecular complexity index is 1550. The number of alkyl halides is 2. The van der Waals surface area contributed by atoms with Gasteiger partial charge in [-0.15, -0.1) is 0 Å². The number of aliphatic hydroxyl groups excluding tert-OH is 1. The highest BCUT2D eigenvalue weighted by molar-refractivity contribution is 7.52. The predicted octanol–water partition coefficient (Wildman–Crippen LogP) is 4.91. The fourth-order valence-corrected chi connectivity index (χ4v) is 6.94. The number of carbonyl (C=O) groups is 1. The lowest BCUT2D eigenvalue weighted by Crippen LogP contribution is -2.47. The summed E-state index contributed by atoms with van der Waals surface area (Å²) in [6.45, 7) is 6.05. The topological polar surface area (TPSA) is 159 Å². The van der Waals surface area contributed by atoms with Crippen LogP contribution in [0.1, 0.15) is 65.4 Å². The minimum atomic E-state index is -4.56. The average Bonchev–Trinajstić information content (AvgIpc) is 3.68. The lowest BCUT2D eigenvalue weighted by atomic mass is 9.97. The summed E-state index contributed by atoms with van der Waals surface area (Å²) in [4.78, 5) is 25.7. The molecule has 0 amide bonds. The summed E-state index contributed by atoms with van der Waals surface area (Å²) in [6, 6.07) is 6.83. The van der Waals surface area contributed by atoms with E-state index in [-0.39, 0.29) is 17.4 Å². The van der Waals surface area contributed by atoms with Crippen molar-refractivity contribution in [1.82, 2.24) is 24.6 Å². The van der Waals surface area contributed by atoms with Crippen molar-refractivity contribution < 1.29 is 41.8 Å². The van der Waals surface area contributed by atoms with E-state index in [2.05, 4.69) is 25.4 Å². The first-order valence-electron chi connectivity index (χ1n) is 14.9. The number of hydrogen-bond acceptors (Lipinski definition) is 11. The van der Waals surface area contributed by atoms with Gasteiger partial charge in [-0.25, -0.2) is 28.3 Å². The van der Waals surface area contributed by atoms with Crippen molar-refractivity contribution >= 4 is 30.7 Å². The lowest BCUT2D eigenvalue weighted by Gasteiger charge is -2.28.